The molecule has 4 heteroatoms. The second-order valence-electron chi connectivity index (χ2n) is 12.8. The largest absolute Gasteiger partial charge is 0.462 e. The lowest BCUT2D eigenvalue weighted by Crippen LogP contribution is -2.25. The topological polar surface area (TPSA) is 9.23 Å². The fourth-order valence-corrected chi connectivity index (χ4v) is 7.47. The molecule has 0 aromatic heterocycles. The fraction of sp³-hybridized carbons (Fsp3) is 0.487. The Kier molecular flexibility index (Phi) is 11.1. The van der Waals surface area contributed by atoms with E-state index in [0.29, 0.717) is 22.6 Å². The van der Waals surface area contributed by atoms with Gasteiger partial charge < -0.3 is 4.74 Å². The van der Waals surface area contributed by atoms with E-state index >= 15 is 4.39 Å². The quantitative estimate of drug-likeness (QED) is 0.160. The summed E-state index contributed by atoms with van der Waals surface area (Å²) >= 11 is 0. The molecule has 230 valence electrons. The summed E-state index contributed by atoms with van der Waals surface area (Å²) in [6.07, 6.45) is 19.8. The minimum absolute atomic E-state index is 0.141. The Balaban J connectivity index is 1.17. The molecule has 0 heterocycles. The maximum atomic E-state index is 15.4. The molecule has 0 N–H and O–H groups in total. The van der Waals surface area contributed by atoms with Crippen LogP contribution in [-0.2, 0) is 0 Å². The van der Waals surface area contributed by atoms with Crippen LogP contribution in [0.25, 0.3) is 22.3 Å². The lowest BCUT2D eigenvalue weighted by atomic mass is 9.68. The number of hydrogen-bond donors (Lipinski definition) is 0. The van der Waals surface area contributed by atoms with Crippen molar-refractivity contribution in [2.45, 2.75) is 103 Å². The van der Waals surface area contributed by atoms with Crippen molar-refractivity contribution >= 4 is 0 Å². The zero-order chi connectivity index (χ0) is 30.2. The highest BCUT2D eigenvalue weighted by atomic mass is 19.2. The summed E-state index contributed by atoms with van der Waals surface area (Å²) in [7, 11) is 0. The molecule has 2 aliphatic carbocycles. The highest BCUT2D eigenvalue weighted by Crippen LogP contribution is 2.45. The minimum Gasteiger partial charge on any atom is -0.462 e. The van der Waals surface area contributed by atoms with Gasteiger partial charge in [-0.05, 0) is 110 Å². The van der Waals surface area contributed by atoms with E-state index in [1.54, 1.807) is 36.4 Å². The first-order valence-electron chi connectivity index (χ1n) is 16.7. The van der Waals surface area contributed by atoms with Gasteiger partial charge in [0, 0.05) is 11.1 Å². The van der Waals surface area contributed by atoms with Crippen molar-refractivity contribution < 1.29 is 17.9 Å². The van der Waals surface area contributed by atoms with E-state index in [1.807, 2.05) is 13.0 Å². The zero-order valence-corrected chi connectivity index (χ0v) is 25.9. The van der Waals surface area contributed by atoms with Crippen molar-refractivity contribution in [2.24, 2.45) is 17.8 Å². The summed E-state index contributed by atoms with van der Waals surface area (Å²) < 4.78 is 50.0. The molecular formula is C39H47F3O. The van der Waals surface area contributed by atoms with Crippen LogP contribution in [0.4, 0.5) is 13.2 Å². The number of rotatable bonds is 11. The van der Waals surface area contributed by atoms with E-state index in [-0.39, 0.29) is 17.1 Å². The third-order valence-corrected chi connectivity index (χ3v) is 10.1. The number of hydrogen-bond acceptors (Lipinski definition) is 1. The van der Waals surface area contributed by atoms with Gasteiger partial charge in [0.25, 0.3) is 0 Å². The Morgan fingerprint density at radius 3 is 1.95 bits per heavy atom. The van der Waals surface area contributed by atoms with E-state index < -0.39 is 11.6 Å². The van der Waals surface area contributed by atoms with Gasteiger partial charge in [0.15, 0.2) is 11.6 Å². The molecule has 0 saturated heterocycles. The van der Waals surface area contributed by atoms with E-state index in [1.165, 1.54) is 82.6 Å². The summed E-state index contributed by atoms with van der Waals surface area (Å²) in [6.45, 7) is 4.21. The molecule has 5 rings (SSSR count). The molecule has 0 bridgehead atoms. The highest BCUT2D eigenvalue weighted by molar-refractivity contribution is 5.71. The maximum Gasteiger partial charge on any atom is 0.201 e. The lowest BCUT2D eigenvalue weighted by molar-refractivity contribution is 0.155. The molecule has 0 aliphatic heterocycles. The Morgan fingerprint density at radius 1 is 0.698 bits per heavy atom. The van der Waals surface area contributed by atoms with Crippen LogP contribution < -0.4 is 4.74 Å². The lowest BCUT2D eigenvalue weighted by Gasteiger charge is -2.38. The average molecular weight is 589 g/mol. The normalized spacial score (nSPS) is 22.6. The number of benzene rings is 3. The number of halogens is 3. The average Bonchev–Trinajstić information content (AvgIpc) is 3.04. The third kappa shape index (κ3) is 7.75. The first kappa shape index (κ1) is 31.4. The van der Waals surface area contributed by atoms with Gasteiger partial charge in [-0.15, -0.1) is 0 Å². The number of unbranched alkanes of at least 4 members (excludes halogenated alkanes) is 2. The maximum absolute atomic E-state index is 15.4. The fourth-order valence-electron chi connectivity index (χ4n) is 7.47. The summed E-state index contributed by atoms with van der Waals surface area (Å²) in [5.41, 5.74) is 3.01. The van der Waals surface area contributed by atoms with E-state index in [0.717, 1.165) is 42.6 Å². The van der Waals surface area contributed by atoms with Gasteiger partial charge in [-0.25, -0.2) is 8.78 Å². The van der Waals surface area contributed by atoms with Crippen LogP contribution in [0.1, 0.15) is 109 Å². The first-order valence-corrected chi connectivity index (χ1v) is 16.7. The van der Waals surface area contributed by atoms with Crippen molar-refractivity contribution in [1.82, 2.24) is 0 Å². The van der Waals surface area contributed by atoms with Crippen LogP contribution in [0.3, 0.4) is 0 Å². The number of allylic oxidation sites excluding steroid dienone is 1. The predicted molar refractivity (Wildman–Crippen MR) is 172 cm³/mol. The van der Waals surface area contributed by atoms with Gasteiger partial charge in [-0.1, -0.05) is 88.8 Å². The Morgan fingerprint density at radius 2 is 1.33 bits per heavy atom. The predicted octanol–water partition coefficient (Wildman–Crippen LogP) is 12.4. The van der Waals surface area contributed by atoms with Gasteiger partial charge in [0.2, 0.25) is 5.82 Å². The smallest absolute Gasteiger partial charge is 0.201 e. The van der Waals surface area contributed by atoms with Crippen molar-refractivity contribution in [3.05, 3.63) is 90.0 Å². The molecule has 0 atom stereocenters. The van der Waals surface area contributed by atoms with E-state index in [2.05, 4.69) is 13.0 Å². The molecule has 1 nitrogen and oxygen atoms in total. The van der Waals surface area contributed by atoms with Crippen molar-refractivity contribution in [3.8, 4) is 28.0 Å². The van der Waals surface area contributed by atoms with Gasteiger partial charge in [-0.2, -0.15) is 4.39 Å². The molecular weight excluding hydrogens is 541 g/mol. The van der Waals surface area contributed by atoms with Gasteiger partial charge in [-0.3, -0.25) is 0 Å². The zero-order valence-electron chi connectivity index (χ0n) is 25.9. The Bertz CT molecular complexity index is 1350. The molecule has 43 heavy (non-hydrogen) atoms. The highest BCUT2D eigenvalue weighted by Gasteiger charge is 2.31. The summed E-state index contributed by atoms with van der Waals surface area (Å²) in [5.74, 6) is 0.750. The van der Waals surface area contributed by atoms with Crippen LogP contribution in [0.2, 0.25) is 0 Å². The molecule has 3 aromatic rings. The van der Waals surface area contributed by atoms with Crippen molar-refractivity contribution in [1.29, 1.82) is 0 Å². The van der Waals surface area contributed by atoms with Crippen LogP contribution in [-0.4, -0.2) is 0 Å². The molecule has 0 spiro atoms. The standard InChI is InChI=1S/C39H47F3O/c1-3-5-7-8-27-9-11-28(12-10-27)29-13-15-30(16-14-29)33-21-22-34(36(40)26-33)31-17-19-32(20-18-31)35-23-24-37(39(42)38(35)41)43-25-6-4-2/h6,17-30H,3-5,7-16H2,1-2H3/b25-6-. The van der Waals surface area contributed by atoms with E-state index in [4.69, 9.17) is 4.74 Å². The van der Waals surface area contributed by atoms with Crippen molar-refractivity contribution in [3.63, 3.8) is 0 Å². The molecule has 2 saturated carbocycles. The van der Waals surface area contributed by atoms with E-state index in [9.17, 15) is 8.78 Å². The third-order valence-electron chi connectivity index (χ3n) is 10.1. The number of ether oxygens (including phenoxy) is 1. The van der Waals surface area contributed by atoms with Crippen LogP contribution in [0, 0.1) is 35.2 Å². The second-order valence-corrected chi connectivity index (χ2v) is 12.8. The first-order chi connectivity index (χ1) is 21.0. The second kappa shape index (κ2) is 15.1. The Labute approximate surface area is 256 Å². The summed E-state index contributed by atoms with van der Waals surface area (Å²) in [5, 5.41) is 0. The molecule has 0 unspecified atom stereocenters. The van der Waals surface area contributed by atoms with Crippen LogP contribution in [0.15, 0.2) is 66.9 Å². The minimum atomic E-state index is -1.02. The summed E-state index contributed by atoms with van der Waals surface area (Å²) in [6, 6.07) is 15.6. The Hall–Kier alpha value is -3.01. The molecule has 2 fully saturated rings. The van der Waals surface area contributed by atoms with Gasteiger partial charge >= 0.3 is 0 Å². The van der Waals surface area contributed by atoms with Crippen LogP contribution in [0.5, 0.6) is 5.75 Å². The van der Waals surface area contributed by atoms with Gasteiger partial charge in [0.1, 0.15) is 5.82 Å². The SMILES string of the molecule is CC/C=C\Oc1ccc(-c2ccc(-c3ccc(C4CCC(C5CCC(CCCCC)CC5)CC4)cc3F)cc2)c(F)c1F. The summed E-state index contributed by atoms with van der Waals surface area (Å²) in [4.78, 5) is 0. The molecule has 2 aliphatic rings. The molecule has 3 aromatic carbocycles. The van der Waals surface area contributed by atoms with Crippen molar-refractivity contribution in [2.75, 3.05) is 0 Å². The molecule has 0 radical (unpaired) electrons. The monoisotopic (exact) mass is 588 g/mol. The molecule has 0 amide bonds. The van der Waals surface area contributed by atoms with Gasteiger partial charge in [0.05, 0.1) is 6.26 Å². The van der Waals surface area contributed by atoms with Crippen LogP contribution >= 0.6 is 0 Å².